The van der Waals surface area contributed by atoms with Crippen molar-refractivity contribution in [1.29, 1.82) is 0 Å². The molecule has 1 saturated carbocycles. The van der Waals surface area contributed by atoms with Crippen LogP contribution in [0.1, 0.15) is 50.7 Å². The van der Waals surface area contributed by atoms with Crippen molar-refractivity contribution in [2.24, 2.45) is 11.8 Å². The molecule has 1 heterocycles. The van der Waals surface area contributed by atoms with E-state index < -0.39 is 0 Å². The number of ether oxygens (including phenoxy) is 1. The Morgan fingerprint density at radius 2 is 1.83 bits per heavy atom. The summed E-state index contributed by atoms with van der Waals surface area (Å²) >= 11 is 0. The SMILES string of the molecule is CC1CCC(C2CC(O)c3ccccc3O2)CC1. The minimum atomic E-state index is -0.348. The van der Waals surface area contributed by atoms with Crippen LogP contribution < -0.4 is 4.74 Å². The van der Waals surface area contributed by atoms with Gasteiger partial charge in [-0.1, -0.05) is 38.0 Å². The van der Waals surface area contributed by atoms with Gasteiger partial charge >= 0.3 is 0 Å². The highest BCUT2D eigenvalue weighted by molar-refractivity contribution is 5.37. The standard InChI is InChI=1S/C16H22O2/c1-11-6-8-12(9-7-11)16-10-14(17)13-4-2-3-5-15(13)18-16/h2-5,11-12,14,16-17H,6-10H2,1H3. The molecule has 2 nitrogen and oxygen atoms in total. The zero-order valence-corrected chi connectivity index (χ0v) is 11.0. The van der Waals surface area contributed by atoms with E-state index in [9.17, 15) is 5.11 Å². The van der Waals surface area contributed by atoms with Crippen molar-refractivity contribution in [3.63, 3.8) is 0 Å². The Balaban J connectivity index is 1.73. The van der Waals surface area contributed by atoms with Gasteiger partial charge in [-0.15, -0.1) is 0 Å². The molecule has 0 spiro atoms. The van der Waals surface area contributed by atoms with E-state index in [2.05, 4.69) is 6.92 Å². The van der Waals surface area contributed by atoms with Gasteiger partial charge in [0.2, 0.25) is 0 Å². The normalized spacial score (nSPS) is 35.7. The maximum Gasteiger partial charge on any atom is 0.125 e. The number of aliphatic hydroxyl groups is 1. The van der Waals surface area contributed by atoms with Gasteiger partial charge in [-0.25, -0.2) is 0 Å². The van der Waals surface area contributed by atoms with E-state index in [-0.39, 0.29) is 12.2 Å². The van der Waals surface area contributed by atoms with Gasteiger partial charge in [0.1, 0.15) is 11.9 Å². The summed E-state index contributed by atoms with van der Waals surface area (Å²) in [5.74, 6) is 2.38. The van der Waals surface area contributed by atoms with Crippen LogP contribution in [0.4, 0.5) is 0 Å². The van der Waals surface area contributed by atoms with Gasteiger partial charge in [0.15, 0.2) is 0 Å². The fourth-order valence-electron chi connectivity index (χ4n) is 3.37. The van der Waals surface area contributed by atoms with Crippen LogP contribution in [0.3, 0.4) is 0 Å². The second-order valence-corrected chi connectivity index (χ2v) is 5.97. The number of aliphatic hydroxyl groups excluding tert-OH is 1. The summed E-state index contributed by atoms with van der Waals surface area (Å²) in [6, 6.07) is 7.90. The zero-order chi connectivity index (χ0) is 12.5. The van der Waals surface area contributed by atoms with Crippen LogP contribution in [0.15, 0.2) is 24.3 Å². The van der Waals surface area contributed by atoms with Gasteiger partial charge in [0.25, 0.3) is 0 Å². The second-order valence-electron chi connectivity index (χ2n) is 5.97. The molecule has 2 heteroatoms. The second kappa shape index (κ2) is 4.93. The first-order chi connectivity index (χ1) is 8.74. The number of para-hydroxylation sites is 1. The maximum atomic E-state index is 10.2. The van der Waals surface area contributed by atoms with Crippen molar-refractivity contribution in [3.05, 3.63) is 29.8 Å². The summed E-state index contributed by atoms with van der Waals surface area (Å²) in [7, 11) is 0. The van der Waals surface area contributed by atoms with Crippen LogP contribution in [-0.2, 0) is 0 Å². The predicted octanol–water partition coefficient (Wildman–Crippen LogP) is 3.70. The Hall–Kier alpha value is -1.02. The monoisotopic (exact) mass is 246 g/mol. The fourth-order valence-corrected chi connectivity index (χ4v) is 3.37. The summed E-state index contributed by atoms with van der Waals surface area (Å²) in [6.45, 7) is 2.34. The largest absolute Gasteiger partial charge is 0.490 e. The molecule has 0 amide bonds. The summed E-state index contributed by atoms with van der Waals surface area (Å²) in [5, 5.41) is 10.2. The molecule has 1 aliphatic heterocycles. The number of hydrogen-bond acceptors (Lipinski definition) is 2. The van der Waals surface area contributed by atoms with Crippen LogP contribution in [0.25, 0.3) is 0 Å². The van der Waals surface area contributed by atoms with E-state index in [4.69, 9.17) is 4.74 Å². The van der Waals surface area contributed by atoms with Crippen molar-refractivity contribution >= 4 is 0 Å². The number of hydrogen-bond donors (Lipinski definition) is 1. The van der Waals surface area contributed by atoms with Gasteiger partial charge in [-0.3, -0.25) is 0 Å². The minimum Gasteiger partial charge on any atom is -0.490 e. The molecule has 2 unspecified atom stereocenters. The van der Waals surface area contributed by atoms with Crippen molar-refractivity contribution in [2.45, 2.75) is 51.2 Å². The minimum absolute atomic E-state index is 0.211. The molecule has 3 rings (SSSR count). The van der Waals surface area contributed by atoms with Crippen molar-refractivity contribution in [3.8, 4) is 5.75 Å². The van der Waals surface area contributed by atoms with Crippen LogP contribution in [0.5, 0.6) is 5.75 Å². The van der Waals surface area contributed by atoms with Gasteiger partial charge in [-0.2, -0.15) is 0 Å². The first-order valence-corrected chi connectivity index (χ1v) is 7.17. The lowest BCUT2D eigenvalue weighted by atomic mass is 9.78. The number of fused-ring (bicyclic) bond motifs is 1. The van der Waals surface area contributed by atoms with Crippen molar-refractivity contribution < 1.29 is 9.84 Å². The third-order valence-electron chi connectivity index (χ3n) is 4.60. The van der Waals surface area contributed by atoms with Crippen molar-refractivity contribution in [1.82, 2.24) is 0 Å². The van der Waals surface area contributed by atoms with E-state index in [1.807, 2.05) is 24.3 Å². The smallest absolute Gasteiger partial charge is 0.125 e. The quantitative estimate of drug-likeness (QED) is 0.818. The predicted molar refractivity (Wildman–Crippen MR) is 71.6 cm³/mol. The Kier molecular flexibility index (Phi) is 3.29. The van der Waals surface area contributed by atoms with Crippen LogP contribution >= 0.6 is 0 Å². The molecule has 0 saturated heterocycles. The summed E-state index contributed by atoms with van der Waals surface area (Å²) < 4.78 is 6.12. The highest BCUT2D eigenvalue weighted by atomic mass is 16.5. The fraction of sp³-hybridized carbons (Fsp3) is 0.625. The van der Waals surface area contributed by atoms with Gasteiger partial charge in [-0.05, 0) is 30.7 Å². The highest BCUT2D eigenvalue weighted by Crippen LogP contribution is 2.40. The van der Waals surface area contributed by atoms with E-state index >= 15 is 0 Å². The van der Waals surface area contributed by atoms with Crippen LogP contribution in [-0.4, -0.2) is 11.2 Å². The molecule has 0 radical (unpaired) electrons. The van der Waals surface area contributed by atoms with Crippen LogP contribution in [0.2, 0.25) is 0 Å². The third-order valence-corrected chi connectivity index (χ3v) is 4.60. The molecule has 0 aromatic heterocycles. The Morgan fingerprint density at radius 1 is 1.11 bits per heavy atom. The molecular weight excluding hydrogens is 224 g/mol. The Bertz CT molecular complexity index is 407. The summed E-state index contributed by atoms with van der Waals surface area (Å²) in [4.78, 5) is 0. The lowest BCUT2D eigenvalue weighted by Crippen LogP contribution is -2.34. The molecule has 1 aliphatic carbocycles. The molecule has 0 bridgehead atoms. The molecular formula is C16H22O2. The zero-order valence-electron chi connectivity index (χ0n) is 11.0. The first-order valence-electron chi connectivity index (χ1n) is 7.17. The van der Waals surface area contributed by atoms with Gasteiger partial charge in [0, 0.05) is 12.0 Å². The van der Waals surface area contributed by atoms with E-state index in [0.29, 0.717) is 5.92 Å². The topological polar surface area (TPSA) is 29.5 Å². The van der Waals surface area contributed by atoms with Crippen LogP contribution in [0, 0.1) is 11.8 Å². The summed E-state index contributed by atoms with van der Waals surface area (Å²) in [5.41, 5.74) is 0.956. The van der Waals surface area contributed by atoms with E-state index in [0.717, 1.165) is 23.7 Å². The lowest BCUT2D eigenvalue weighted by Gasteiger charge is -2.37. The third kappa shape index (κ3) is 2.26. The molecule has 98 valence electrons. The maximum absolute atomic E-state index is 10.2. The number of rotatable bonds is 1. The average Bonchev–Trinajstić information content (AvgIpc) is 2.39. The summed E-state index contributed by atoms with van der Waals surface area (Å²) in [6.07, 6.45) is 5.74. The molecule has 2 aliphatic rings. The Labute approximate surface area is 109 Å². The molecule has 18 heavy (non-hydrogen) atoms. The molecule has 1 aromatic carbocycles. The van der Waals surface area contributed by atoms with Crippen molar-refractivity contribution in [2.75, 3.05) is 0 Å². The lowest BCUT2D eigenvalue weighted by molar-refractivity contribution is 0.0194. The molecule has 1 aromatic rings. The highest BCUT2D eigenvalue weighted by Gasteiger charge is 2.33. The molecule has 1 N–H and O–H groups in total. The van der Waals surface area contributed by atoms with Gasteiger partial charge < -0.3 is 9.84 Å². The molecule has 2 atom stereocenters. The Morgan fingerprint density at radius 3 is 2.61 bits per heavy atom. The first kappa shape index (κ1) is 12.0. The molecule has 1 fully saturated rings. The average molecular weight is 246 g/mol. The van der Waals surface area contributed by atoms with Gasteiger partial charge in [0.05, 0.1) is 6.10 Å². The van der Waals surface area contributed by atoms with E-state index in [1.165, 1.54) is 25.7 Å². The number of benzene rings is 1. The van der Waals surface area contributed by atoms with E-state index in [1.54, 1.807) is 0 Å².